The predicted molar refractivity (Wildman–Crippen MR) is 70.1 cm³/mol. The molecular weight excluding hydrogens is 228 g/mol. The van der Waals surface area contributed by atoms with Crippen molar-refractivity contribution in [1.82, 2.24) is 9.55 Å². The molecule has 0 aliphatic heterocycles. The summed E-state index contributed by atoms with van der Waals surface area (Å²) in [5, 5.41) is 7.46. The second-order valence-corrected chi connectivity index (χ2v) is 4.05. The van der Waals surface area contributed by atoms with Gasteiger partial charge in [0.1, 0.15) is 17.4 Å². The molecule has 0 amide bonds. The number of hydrogen-bond acceptors (Lipinski definition) is 3. The first-order valence-electron chi connectivity index (χ1n) is 5.61. The van der Waals surface area contributed by atoms with E-state index in [0.717, 1.165) is 17.9 Å². The average Bonchev–Trinajstić information content (AvgIpc) is 2.74. The number of nitrogen functional groups attached to an aromatic ring is 1. The van der Waals surface area contributed by atoms with Crippen LogP contribution in [0.15, 0.2) is 30.6 Å². The summed E-state index contributed by atoms with van der Waals surface area (Å²) in [6, 6.07) is 5.65. The number of aryl methyl sites for hydroxylation is 1. The molecule has 5 heteroatoms. The third-order valence-corrected chi connectivity index (χ3v) is 2.83. The van der Waals surface area contributed by atoms with Crippen LogP contribution in [0.1, 0.15) is 17.0 Å². The quantitative estimate of drug-likeness (QED) is 0.632. The van der Waals surface area contributed by atoms with Gasteiger partial charge in [-0.2, -0.15) is 0 Å². The van der Waals surface area contributed by atoms with Crippen molar-refractivity contribution in [3.8, 4) is 5.75 Å². The molecule has 18 heavy (non-hydrogen) atoms. The summed E-state index contributed by atoms with van der Waals surface area (Å²) in [6.45, 7) is 2.68. The van der Waals surface area contributed by atoms with Crippen molar-refractivity contribution in [2.24, 2.45) is 5.73 Å². The van der Waals surface area contributed by atoms with E-state index in [-0.39, 0.29) is 5.84 Å². The molecule has 0 aliphatic rings. The van der Waals surface area contributed by atoms with Crippen molar-refractivity contribution in [2.75, 3.05) is 7.11 Å². The lowest BCUT2D eigenvalue weighted by Gasteiger charge is -2.10. The second kappa shape index (κ2) is 4.91. The normalized spacial score (nSPS) is 10.3. The van der Waals surface area contributed by atoms with Gasteiger partial charge in [-0.25, -0.2) is 4.98 Å². The SMILES string of the molecule is COc1cc(Cn2ccnc2C)ccc1C(=N)N. The van der Waals surface area contributed by atoms with Crippen LogP contribution in [-0.2, 0) is 6.54 Å². The maximum atomic E-state index is 7.46. The Kier molecular flexibility index (Phi) is 3.32. The lowest BCUT2D eigenvalue weighted by Crippen LogP contribution is -2.13. The zero-order valence-electron chi connectivity index (χ0n) is 10.5. The van der Waals surface area contributed by atoms with Crippen LogP contribution in [0.25, 0.3) is 0 Å². The molecule has 3 N–H and O–H groups in total. The van der Waals surface area contributed by atoms with E-state index in [4.69, 9.17) is 15.9 Å². The number of nitrogens with zero attached hydrogens (tertiary/aromatic N) is 2. The minimum atomic E-state index is 0.0113. The first kappa shape index (κ1) is 12.2. The van der Waals surface area contributed by atoms with Crippen molar-refractivity contribution in [2.45, 2.75) is 13.5 Å². The molecule has 0 radical (unpaired) electrons. The average molecular weight is 244 g/mol. The van der Waals surface area contributed by atoms with Gasteiger partial charge >= 0.3 is 0 Å². The van der Waals surface area contributed by atoms with E-state index in [0.29, 0.717) is 11.3 Å². The zero-order valence-corrected chi connectivity index (χ0v) is 10.5. The second-order valence-electron chi connectivity index (χ2n) is 4.05. The molecule has 0 spiro atoms. The predicted octanol–water partition coefficient (Wildman–Crippen LogP) is 1.53. The van der Waals surface area contributed by atoms with Crippen LogP contribution in [0.4, 0.5) is 0 Å². The summed E-state index contributed by atoms with van der Waals surface area (Å²) in [5.41, 5.74) is 7.18. The molecule has 5 nitrogen and oxygen atoms in total. The maximum absolute atomic E-state index is 7.46. The fraction of sp³-hybridized carbons (Fsp3) is 0.231. The van der Waals surface area contributed by atoms with Crippen LogP contribution in [0, 0.1) is 12.3 Å². The molecule has 94 valence electrons. The molecule has 0 unspecified atom stereocenters. The number of imidazole rings is 1. The summed E-state index contributed by atoms with van der Waals surface area (Å²) in [5.74, 6) is 1.60. The molecule has 0 saturated carbocycles. The minimum Gasteiger partial charge on any atom is -0.496 e. The number of ether oxygens (including phenoxy) is 1. The van der Waals surface area contributed by atoms with Crippen LogP contribution < -0.4 is 10.5 Å². The van der Waals surface area contributed by atoms with Crippen molar-refractivity contribution in [3.05, 3.63) is 47.5 Å². The van der Waals surface area contributed by atoms with Crippen LogP contribution in [0.2, 0.25) is 0 Å². The van der Waals surface area contributed by atoms with Crippen molar-refractivity contribution in [1.29, 1.82) is 5.41 Å². The number of benzene rings is 1. The molecule has 0 bridgehead atoms. The zero-order chi connectivity index (χ0) is 13.1. The number of methoxy groups -OCH3 is 1. The highest BCUT2D eigenvalue weighted by molar-refractivity contribution is 5.97. The fourth-order valence-electron chi connectivity index (χ4n) is 1.82. The van der Waals surface area contributed by atoms with Gasteiger partial charge in [0, 0.05) is 18.9 Å². The van der Waals surface area contributed by atoms with Gasteiger partial charge in [-0.05, 0) is 24.6 Å². The Bertz CT molecular complexity index is 574. The summed E-state index contributed by atoms with van der Waals surface area (Å²) < 4.78 is 7.29. The lowest BCUT2D eigenvalue weighted by molar-refractivity contribution is 0.413. The Morgan fingerprint density at radius 3 is 2.83 bits per heavy atom. The van der Waals surface area contributed by atoms with Crippen LogP contribution in [-0.4, -0.2) is 22.5 Å². The Morgan fingerprint density at radius 2 is 2.28 bits per heavy atom. The molecule has 1 aromatic carbocycles. The molecule has 2 aromatic rings. The lowest BCUT2D eigenvalue weighted by atomic mass is 10.1. The molecule has 0 saturated heterocycles. The Hall–Kier alpha value is -2.30. The van der Waals surface area contributed by atoms with E-state index < -0.39 is 0 Å². The molecule has 1 aromatic heterocycles. The largest absolute Gasteiger partial charge is 0.496 e. The molecule has 0 atom stereocenters. The number of hydrogen-bond donors (Lipinski definition) is 2. The Morgan fingerprint density at radius 1 is 1.50 bits per heavy atom. The van der Waals surface area contributed by atoms with Gasteiger partial charge in [-0.15, -0.1) is 0 Å². The van der Waals surface area contributed by atoms with Crippen LogP contribution in [0.5, 0.6) is 5.75 Å². The van der Waals surface area contributed by atoms with Gasteiger partial charge in [0.15, 0.2) is 0 Å². The number of aromatic nitrogens is 2. The molecule has 2 rings (SSSR count). The van der Waals surface area contributed by atoms with E-state index in [1.54, 1.807) is 13.3 Å². The van der Waals surface area contributed by atoms with E-state index in [1.165, 1.54) is 0 Å². The number of nitrogens with one attached hydrogen (secondary N) is 1. The van der Waals surface area contributed by atoms with Crippen molar-refractivity contribution >= 4 is 5.84 Å². The highest BCUT2D eigenvalue weighted by Gasteiger charge is 2.07. The highest BCUT2D eigenvalue weighted by atomic mass is 16.5. The molecule has 1 heterocycles. The van der Waals surface area contributed by atoms with Crippen LogP contribution >= 0.6 is 0 Å². The Labute approximate surface area is 106 Å². The summed E-state index contributed by atoms with van der Waals surface area (Å²) in [4.78, 5) is 4.18. The first-order valence-corrected chi connectivity index (χ1v) is 5.61. The molecular formula is C13H16N4O. The van der Waals surface area contributed by atoms with E-state index >= 15 is 0 Å². The third kappa shape index (κ3) is 2.34. The summed E-state index contributed by atoms with van der Waals surface area (Å²) in [7, 11) is 1.58. The van der Waals surface area contributed by atoms with E-state index in [9.17, 15) is 0 Å². The summed E-state index contributed by atoms with van der Waals surface area (Å²) in [6.07, 6.45) is 3.71. The van der Waals surface area contributed by atoms with Gasteiger partial charge < -0.3 is 15.0 Å². The number of nitrogens with two attached hydrogens (primary N) is 1. The monoisotopic (exact) mass is 244 g/mol. The van der Waals surface area contributed by atoms with Crippen molar-refractivity contribution in [3.63, 3.8) is 0 Å². The number of rotatable bonds is 4. The van der Waals surface area contributed by atoms with Gasteiger partial charge in [-0.3, -0.25) is 5.41 Å². The van der Waals surface area contributed by atoms with Gasteiger partial charge in [0.2, 0.25) is 0 Å². The minimum absolute atomic E-state index is 0.0113. The smallest absolute Gasteiger partial charge is 0.130 e. The third-order valence-electron chi connectivity index (χ3n) is 2.83. The van der Waals surface area contributed by atoms with E-state index in [2.05, 4.69) is 4.98 Å². The van der Waals surface area contributed by atoms with E-state index in [1.807, 2.05) is 35.9 Å². The fourth-order valence-corrected chi connectivity index (χ4v) is 1.82. The topological polar surface area (TPSA) is 76.9 Å². The molecule has 0 aliphatic carbocycles. The maximum Gasteiger partial charge on any atom is 0.130 e. The van der Waals surface area contributed by atoms with Crippen molar-refractivity contribution < 1.29 is 4.74 Å². The van der Waals surface area contributed by atoms with Gasteiger partial charge in [-0.1, -0.05) is 6.07 Å². The van der Waals surface area contributed by atoms with Gasteiger partial charge in [0.05, 0.1) is 12.7 Å². The number of amidine groups is 1. The summed E-state index contributed by atoms with van der Waals surface area (Å²) >= 11 is 0. The standard InChI is InChI=1S/C13H16N4O/c1-9-16-5-6-17(9)8-10-3-4-11(13(14)15)12(7-10)18-2/h3-7H,8H2,1-2H3,(H3,14,15). The van der Waals surface area contributed by atoms with Crippen LogP contribution in [0.3, 0.4) is 0 Å². The van der Waals surface area contributed by atoms with Gasteiger partial charge in [0.25, 0.3) is 0 Å². The molecule has 0 fully saturated rings. The Balaban J connectivity index is 2.30. The first-order chi connectivity index (χ1) is 8.61. The highest BCUT2D eigenvalue weighted by Crippen LogP contribution is 2.20.